The van der Waals surface area contributed by atoms with Gasteiger partial charge in [0.1, 0.15) is 0 Å². The molecule has 3 rings (SSSR count). The van der Waals surface area contributed by atoms with Gasteiger partial charge in [0, 0.05) is 28.4 Å². The molecule has 6 heteroatoms. The third-order valence-electron chi connectivity index (χ3n) is 4.85. The average molecular weight is 419 g/mol. The van der Waals surface area contributed by atoms with E-state index in [-0.39, 0.29) is 6.42 Å². The molecule has 0 amide bonds. The Bertz CT molecular complexity index is 969. The highest BCUT2D eigenvalue weighted by molar-refractivity contribution is 6.30. The van der Waals surface area contributed by atoms with E-state index in [0.29, 0.717) is 22.8 Å². The first-order valence-electron chi connectivity index (χ1n) is 9.58. The number of hydrogen-bond donors (Lipinski definition) is 0. The molecule has 0 saturated carbocycles. The smallest absolute Gasteiger partial charge is 0.233 e. The lowest BCUT2D eigenvalue weighted by Gasteiger charge is -2.19. The van der Waals surface area contributed by atoms with E-state index in [9.17, 15) is 13.2 Å². The van der Waals surface area contributed by atoms with Gasteiger partial charge in [-0.05, 0) is 42.2 Å². The Balaban J connectivity index is 1.87. The number of benzene rings is 2. The molecule has 0 fully saturated rings. The Labute approximate surface area is 173 Å². The minimum Gasteiger partial charge on any atom is -0.233 e. The molecule has 0 N–H and O–H groups in total. The van der Waals surface area contributed by atoms with Crippen LogP contribution in [0.25, 0.3) is 11.4 Å². The number of aromatic nitrogens is 2. The number of hydrogen-bond acceptors (Lipinski definition) is 2. The molecular formula is C23H22ClF3N2. The van der Waals surface area contributed by atoms with Gasteiger partial charge in [-0.25, -0.2) is 9.97 Å². The fraction of sp³-hybridized carbons (Fsp3) is 0.304. The van der Waals surface area contributed by atoms with Crippen molar-refractivity contribution in [1.29, 1.82) is 0 Å². The van der Waals surface area contributed by atoms with Crippen LogP contribution < -0.4 is 0 Å². The average Bonchev–Trinajstić information content (AvgIpc) is 2.68. The van der Waals surface area contributed by atoms with E-state index in [4.69, 9.17) is 11.6 Å². The Morgan fingerprint density at radius 2 is 1.62 bits per heavy atom. The van der Waals surface area contributed by atoms with Gasteiger partial charge in [0.05, 0.1) is 5.92 Å². The van der Waals surface area contributed by atoms with Gasteiger partial charge in [-0.1, -0.05) is 61.8 Å². The zero-order valence-electron chi connectivity index (χ0n) is 16.3. The van der Waals surface area contributed by atoms with Crippen molar-refractivity contribution in [2.45, 2.75) is 45.2 Å². The number of nitrogens with zero attached hydrogens (tertiary/aromatic N) is 2. The summed E-state index contributed by atoms with van der Waals surface area (Å²) in [5.74, 6) is -0.835. The van der Waals surface area contributed by atoms with Crippen molar-refractivity contribution in [3.05, 3.63) is 82.1 Å². The minimum atomic E-state index is -4.23. The van der Waals surface area contributed by atoms with Crippen LogP contribution in [0.15, 0.2) is 54.6 Å². The van der Waals surface area contributed by atoms with Crippen LogP contribution in [0.4, 0.5) is 13.2 Å². The first-order chi connectivity index (χ1) is 13.8. The van der Waals surface area contributed by atoms with Crippen LogP contribution >= 0.6 is 11.6 Å². The molecule has 2 nitrogen and oxygen atoms in total. The van der Waals surface area contributed by atoms with Crippen molar-refractivity contribution >= 4 is 11.6 Å². The predicted octanol–water partition coefficient (Wildman–Crippen LogP) is 7.01. The number of aryl methyl sites for hydroxylation is 1. The maximum atomic E-state index is 13.1. The Kier molecular flexibility index (Phi) is 6.58. The zero-order chi connectivity index (χ0) is 21.0. The lowest BCUT2D eigenvalue weighted by atomic mass is 9.94. The largest absolute Gasteiger partial charge is 0.395 e. The third kappa shape index (κ3) is 5.36. The lowest BCUT2D eigenvalue weighted by molar-refractivity contribution is -0.151. The molecule has 1 heterocycles. The Hall–Kier alpha value is -2.40. The summed E-state index contributed by atoms with van der Waals surface area (Å²) in [6.07, 6.45) is -2.93. The molecule has 0 radical (unpaired) electrons. The molecule has 0 bridgehead atoms. The Morgan fingerprint density at radius 1 is 0.931 bits per heavy atom. The highest BCUT2D eigenvalue weighted by Gasteiger charge is 2.39. The highest BCUT2D eigenvalue weighted by Crippen LogP contribution is 2.37. The molecule has 1 unspecified atom stereocenters. The van der Waals surface area contributed by atoms with Crippen molar-refractivity contribution in [1.82, 2.24) is 9.97 Å². The van der Waals surface area contributed by atoms with E-state index in [2.05, 4.69) is 9.97 Å². The zero-order valence-corrected chi connectivity index (χ0v) is 17.1. The van der Waals surface area contributed by atoms with Crippen molar-refractivity contribution in [2.24, 2.45) is 0 Å². The number of halogens is 4. The van der Waals surface area contributed by atoms with E-state index in [1.54, 1.807) is 37.3 Å². The summed E-state index contributed by atoms with van der Waals surface area (Å²) in [5.41, 5.74) is 3.76. The fourth-order valence-corrected chi connectivity index (χ4v) is 3.51. The first-order valence-corrected chi connectivity index (χ1v) is 9.96. The second-order valence-electron chi connectivity index (χ2n) is 6.96. The van der Waals surface area contributed by atoms with Crippen LogP contribution in [0, 0.1) is 0 Å². The van der Waals surface area contributed by atoms with Gasteiger partial charge >= 0.3 is 6.18 Å². The molecule has 152 valence electrons. The van der Waals surface area contributed by atoms with Gasteiger partial charge in [0.15, 0.2) is 5.82 Å². The second-order valence-corrected chi connectivity index (χ2v) is 7.40. The molecule has 0 saturated heterocycles. The maximum absolute atomic E-state index is 13.1. The summed E-state index contributed by atoms with van der Waals surface area (Å²) in [6.45, 7) is 3.57. The molecule has 0 aliphatic carbocycles. The highest BCUT2D eigenvalue weighted by atomic mass is 35.5. The molecule has 0 spiro atoms. The first kappa shape index (κ1) is 21.3. The monoisotopic (exact) mass is 418 g/mol. The third-order valence-corrected chi connectivity index (χ3v) is 5.08. The van der Waals surface area contributed by atoms with E-state index < -0.39 is 12.1 Å². The maximum Gasteiger partial charge on any atom is 0.395 e. The quantitative estimate of drug-likeness (QED) is 0.430. The minimum absolute atomic E-state index is 0.0254. The van der Waals surface area contributed by atoms with Gasteiger partial charge in [0.2, 0.25) is 0 Å². The van der Waals surface area contributed by atoms with Gasteiger partial charge in [-0.3, -0.25) is 0 Å². The number of alkyl halides is 3. The fourth-order valence-electron chi connectivity index (χ4n) is 3.32. The summed E-state index contributed by atoms with van der Waals surface area (Å²) < 4.78 is 39.4. The summed E-state index contributed by atoms with van der Waals surface area (Å²) in [5, 5.41) is 0.611. The van der Waals surface area contributed by atoms with Gasteiger partial charge in [0.25, 0.3) is 0 Å². The van der Waals surface area contributed by atoms with E-state index >= 15 is 0 Å². The van der Waals surface area contributed by atoms with E-state index in [0.717, 1.165) is 28.9 Å². The molecule has 29 heavy (non-hydrogen) atoms. The van der Waals surface area contributed by atoms with Crippen LogP contribution in [-0.4, -0.2) is 16.1 Å². The molecule has 1 aromatic heterocycles. The van der Waals surface area contributed by atoms with Crippen LogP contribution in [-0.2, 0) is 12.8 Å². The molecule has 0 aliphatic rings. The molecule has 1 atom stereocenters. The molecular weight excluding hydrogens is 397 g/mol. The topological polar surface area (TPSA) is 25.8 Å². The van der Waals surface area contributed by atoms with Crippen LogP contribution in [0.2, 0.25) is 5.02 Å². The van der Waals surface area contributed by atoms with E-state index in [1.807, 2.05) is 31.2 Å². The molecule has 2 aromatic carbocycles. The molecule has 0 aliphatic heterocycles. The van der Waals surface area contributed by atoms with Crippen molar-refractivity contribution in [3.8, 4) is 11.4 Å². The van der Waals surface area contributed by atoms with Gasteiger partial charge in [-0.2, -0.15) is 13.2 Å². The van der Waals surface area contributed by atoms with Gasteiger partial charge in [-0.15, -0.1) is 0 Å². The van der Waals surface area contributed by atoms with Crippen LogP contribution in [0.3, 0.4) is 0 Å². The summed E-state index contributed by atoms with van der Waals surface area (Å²) >= 11 is 6.09. The second kappa shape index (κ2) is 8.95. The van der Waals surface area contributed by atoms with Crippen molar-refractivity contribution in [3.63, 3.8) is 0 Å². The van der Waals surface area contributed by atoms with Gasteiger partial charge < -0.3 is 0 Å². The summed E-state index contributed by atoms with van der Waals surface area (Å²) in [7, 11) is 0. The van der Waals surface area contributed by atoms with Crippen LogP contribution in [0.5, 0.6) is 0 Å². The predicted molar refractivity (Wildman–Crippen MR) is 110 cm³/mol. The number of rotatable bonds is 6. The van der Waals surface area contributed by atoms with Crippen molar-refractivity contribution in [2.75, 3.05) is 0 Å². The SMILES string of the molecule is CCc1cc(Cc2ccc(C(CC)C(F)(F)F)cc2)nc(-c2cccc(Cl)c2)n1. The Morgan fingerprint density at radius 3 is 2.21 bits per heavy atom. The standard InChI is InChI=1S/C23H22ClF3N2/c1-3-19-14-20(29-22(28-19)17-6-5-7-18(24)13-17)12-15-8-10-16(11-9-15)21(4-2)23(25,26)27/h5-11,13-14,21H,3-4,12H2,1-2H3. The van der Waals surface area contributed by atoms with Crippen LogP contribution in [0.1, 0.15) is 48.7 Å². The van der Waals surface area contributed by atoms with E-state index in [1.165, 1.54) is 0 Å². The lowest BCUT2D eigenvalue weighted by Crippen LogP contribution is -2.20. The van der Waals surface area contributed by atoms with Crippen molar-refractivity contribution < 1.29 is 13.2 Å². The molecule has 3 aromatic rings. The summed E-state index contributed by atoms with van der Waals surface area (Å²) in [6, 6.07) is 15.9. The normalized spacial score (nSPS) is 12.8. The summed E-state index contributed by atoms with van der Waals surface area (Å²) in [4.78, 5) is 9.24.